The zero-order valence-electron chi connectivity index (χ0n) is 17.3. The molecule has 7 heteroatoms. The van der Waals surface area contributed by atoms with Crippen molar-refractivity contribution in [1.29, 1.82) is 0 Å². The zero-order valence-corrected chi connectivity index (χ0v) is 18.8. The molecule has 0 bridgehead atoms. The zero-order chi connectivity index (χ0) is 21.5. The summed E-state index contributed by atoms with van der Waals surface area (Å²) in [5.41, 5.74) is 9.84. The highest BCUT2D eigenvalue weighted by Gasteiger charge is 2.10. The van der Waals surface area contributed by atoms with Gasteiger partial charge in [-0.1, -0.05) is 61.3 Å². The molecule has 3 aromatic rings. The van der Waals surface area contributed by atoms with Crippen molar-refractivity contribution >= 4 is 34.8 Å². The summed E-state index contributed by atoms with van der Waals surface area (Å²) in [6.07, 6.45) is 2.65. The molecule has 4 N–H and O–H groups in total. The van der Waals surface area contributed by atoms with E-state index >= 15 is 0 Å². The van der Waals surface area contributed by atoms with Crippen LogP contribution in [0.2, 0.25) is 10.0 Å². The predicted molar refractivity (Wildman–Crippen MR) is 127 cm³/mol. The van der Waals surface area contributed by atoms with Crippen molar-refractivity contribution in [2.45, 2.75) is 26.8 Å². The fourth-order valence-electron chi connectivity index (χ4n) is 3.05. The summed E-state index contributed by atoms with van der Waals surface area (Å²) in [4.78, 5) is 8.99. The smallest absolute Gasteiger partial charge is 0.169 e. The highest BCUT2D eigenvalue weighted by molar-refractivity contribution is 6.36. The van der Waals surface area contributed by atoms with E-state index in [9.17, 15) is 0 Å². The van der Waals surface area contributed by atoms with Gasteiger partial charge in [0.25, 0.3) is 0 Å². The van der Waals surface area contributed by atoms with Crippen LogP contribution in [0.15, 0.2) is 48.7 Å². The van der Waals surface area contributed by atoms with Crippen molar-refractivity contribution in [3.63, 3.8) is 0 Å². The third-order valence-corrected chi connectivity index (χ3v) is 5.37. The first-order valence-corrected chi connectivity index (χ1v) is 10.8. The lowest BCUT2D eigenvalue weighted by Crippen LogP contribution is -2.22. The van der Waals surface area contributed by atoms with Crippen molar-refractivity contribution in [2.75, 3.05) is 24.1 Å². The Morgan fingerprint density at radius 2 is 1.80 bits per heavy atom. The summed E-state index contributed by atoms with van der Waals surface area (Å²) in [5, 5.41) is 7.87. The van der Waals surface area contributed by atoms with E-state index in [1.165, 1.54) is 5.56 Å². The number of halogens is 2. The molecule has 0 unspecified atom stereocenters. The van der Waals surface area contributed by atoms with Crippen molar-refractivity contribution in [2.24, 2.45) is 5.92 Å². The van der Waals surface area contributed by atoms with Gasteiger partial charge in [0, 0.05) is 27.7 Å². The Kier molecular flexibility index (Phi) is 7.91. The van der Waals surface area contributed by atoms with E-state index in [1.807, 2.05) is 18.2 Å². The molecule has 0 aliphatic rings. The Hall–Kier alpha value is -2.34. The Labute approximate surface area is 188 Å². The van der Waals surface area contributed by atoms with Crippen LogP contribution in [0.5, 0.6) is 0 Å². The van der Waals surface area contributed by atoms with Crippen molar-refractivity contribution in [1.82, 2.24) is 15.3 Å². The number of hydrogen-bond donors (Lipinski definition) is 3. The second-order valence-corrected chi connectivity index (χ2v) is 8.41. The van der Waals surface area contributed by atoms with Crippen LogP contribution >= 0.6 is 23.2 Å². The number of nitrogens with zero attached hydrogens (tertiary/aromatic N) is 2. The van der Waals surface area contributed by atoms with Gasteiger partial charge in [0.2, 0.25) is 0 Å². The molecule has 0 aliphatic carbocycles. The molecule has 1 heterocycles. The summed E-state index contributed by atoms with van der Waals surface area (Å²) < 4.78 is 0. The van der Waals surface area contributed by atoms with Gasteiger partial charge in [0.15, 0.2) is 11.6 Å². The minimum Gasteiger partial charge on any atom is -0.381 e. The molecule has 0 amide bonds. The Balaban J connectivity index is 1.72. The summed E-state index contributed by atoms with van der Waals surface area (Å²) >= 11 is 12.5. The van der Waals surface area contributed by atoms with Gasteiger partial charge in [-0.05, 0) is 49.2 Å². The Morgan fingerprint density at radius 1 is 1.07 bits per heavy atom. The van der Waals surface area contributed by atoms with E-state index in [0.29, 0.717) is 34.1 Å². The van der Waals surface area contributed by atoms with E-state index in [0.717, 1.165) is 36.3 Å². The van der Waals surface area contributed by atoms with E-state index < -0.39 is 0 Å². The lowest BCUT2D eigenvalue weighted by atomic mass is 10.1. The molecular weight excluding hydrogens is 417 g/mol. The second kappa shape index (κ2) is 10.6. The van der Waals surface area contributed by atoms with E-state index in [2.05, 4.69) is 46.6 Å². The number of aromatic nitrogens is 2. The van der Waals surface area contributed by atoms with Crippen LogP contribution in [0.4, 0.5) is 11.6 Å². The molecule has 30 heavy (non-hydrogen) atoms. The van der Waals surface area contributed by atoms with Gasteiger partial charge in [0.05, 0.1) is 11.9 Å². The van der Waals surface area contributed by atoms with Crippen molar-refractivity contribution in [3.8, 4) is 11.3 Å². The monoisotopic (exact) mass is 443 g/mol. The molecule has 3 rings (SSSR count). The summed E-state index contributed by atoms with van der Waals surface area (Å²) in [5.74, 6) is 1.48. The van der Waals surface area contributed by atoms with E-state index in [4.69, 9.17) is 28.9 Å². The number of anilines is 2. The first kappa shape index (κ1) is 22.3. The minimum atomic E-state index is 0.330. The van der Waals surface area contributed by atoms with Gasteiger partial charge in [-0.3, -0.25) is 0 Å². The van der Waals surface area contributed by atoms with E-state index in [-0.39, 0.29) is 0 Å². The van der Waals surface area contributed by atoms with Crippen molar-refractivity contribution < 1.29 is 0 Å². The first-order chi connectivity index (χ1) is 14.4. The maximum absolute atomic E-state index is 6.25. The molecule has 5 nitrogen and oxygen atoms in total. The molecule has 0 aliphatic heterocycles. The largest absolute Gasteiger partial charge is 0.381 e. The maximum atomic E-state index is 6.25. The van der Waals surface area contributed by atoms with Crippen LogP contribution in [-0.2, 0) is 13.0 Å². The number of rotatable bonds is 9. The predicted octanol–water partition coefficient (Wildman–Crippen LogP) is 5.43. The average Bonchev–Trinajstić information content (AvgIpc) is 2.72. The second-order valence-electron chi connectivity index (χ2n) is 7.59. The van der Waals surface area contributed by atoms with Gasteiger partial charge in [-0.15, -0.1) is 0 Å². The van der Waals surface area contributed by atoms with Gasteiger partial charge >= 0.3 is 0 Å². The highest BCUT2D eigenvalue weighted by atomic mass is 35.5. The molecule has 0 fully saturated rings. The standard InChI is InChI=1S/C23H27Cl2N5/c1-15(2)12-27-10-9-16-5-3-6-17(11-16)21-14-28-22(26)23(30-21)29-13-18-19(24)7-4-8-20(18)25/h3-8,11,14-15,27H,9-10,12-13H2,1-2H3,(H2,26,28)(H,29,30). The van der Waals surface area contributed by atoms with Gasteiger partial charge in [0.1, 0.15) is 0 Å². The summed E-state index contributed by atoms with van der Waals surface area (Å²) in [7, 11) is 0. The average molecular weight is 444 g/mol. The van der Waals surface area contributed by atoms with Gasteiger partial charge in [-0.2, -0.15) is 0 Å². The fourth-order valence-corrected chi connectivity index (χ4v) is 3.58. The lowest BCUT2D eigenvalue weighted by molar-refractivity contribution is 0.554. The van der Waals surface area contributed by atoms with Crippen LogP contribution in [0.1, 0.15) is 25.0 Å². The molecule has 0 saturated heterocycles. The topological polar surface area (TPSA) is 75.9 Å². The molecule has 0 saturated carbocycles. The summed E-state index contributed by atoms with van der Waals surface area (Å²) in [6.45, 7) is 6.79. The molecule has 0 spiro atoms. The Morgan fingerprint density at radius 3 is 2.53 bits per heavy atom. The third-order valence-electron chi connectivity index (χ3n) is 4.66. The molecule has 2 aromatic carbocycles. The van der Waals surface area contributed by atoms with Crippen LogP contribution in [0.25, 0.3) is 11.3 Å². The van der Waals surface area contributed by atoms with Gasteiger partial charge < -0.3 is 16.4 Å². The van der Waals surface area contributed by atoms with Crippen molar-refractivity contribution in [3.05, 3.63) is 69.8 Å². The fraction of sp³-hybridized carbons (Fsp3) is 0.304. The number of nitrogens with two attached hydrogens (primary N) is 1. The number of nitrogen functional groups attached to an aromatic ring is 1. The van der Waals surface area contributed by atoms with Gasteiger partial charge in [-0.25, -0.2) is 9.97 Å². The molecular formula is C23H27Cl2N5. The van der Waals surface area contributed by atoms with Crippen LogP contribution < -0.4 is 16.4 Å². The van der Waals surface area contributed by atoms with E-state index in [1.54, 1.807) is 18.3 Å². The molecule has 158 valence electrons. The minimum absolute atomic E-state index is 0.330. The quantitative estimate of drug-likeness (QED) is 0.384. The summed E-state index contributed by atoms with van der Waals surface area (Å²) in [6, 6.07) is 13.8. The SMILES string of the molecule is CC(C)CNCCc1cccc(-c2cnc(N)c(NCc3c(Cl)cccc3Cl)n2)c1. The number of hydrogen-bond acceptors (Lipinski definition) is 5. The number of nitrogens with one attached hydrogen (secondary N) is 2. The van der Waals surface area contributed by atoms with Crippen LogP contribution in [0.3, 0.4) is 0 Å². The number of benzene rings is 2. The normalized spacial score (nSPS) is 11.1. The molecule has 0 atom stereocenters. The third kappa shape index (κ3) is 6.08. The highest BCUT2D eigenvalue weighted by Crippen LogP contribution is 2.27. The Bertz CT molecular complexity index is 971. The maximum Gasteiger partial charge on any atom is 0.169 e. The van der Waals surface area contributed by atoms with Crippen LogP contribution in [-0.4, -0.2) is 23.1 Å². The first-order valence-electron chi connectivity index (χ1n) is 10.0. The molecule has 1 aromatic heterocycles. The lowest BCUT2D eigenvalue weighted by Gasteiger charge is -2.12. The van der Waals surface area contributed by atoms with Crippen LogP contribution in [0, 0.1) is 5.92 Å². The molecule has 0 radical (unpaired) electrons.